The number of hydrogen-bond acceptors (Lipinski definition) is 1. The van der Waals surface area contributed by atoms with Crippen molar-refractivity contribution in [3.63, 3.8) is 0 Å². The van der Waals surface area contributed by atoms with Crippen LogP contribution in [0.3, 0.4) is 0 Å². The molecule has 0 saturated heterocycles. The highest BCUT2D eigenvalue weighted by Gasteiger charge is 2.56. The Hall–Kier alpha value is -2.73. The molecule has 2 aromatic heterocycles. The highest BCUT2D eigenvalue weighted by molar-refractivity contribution is 5.83. The van der Waals surface area contributed by atoms with Crippen LogP contribution in [0.4, 0.5) is 13.2 Å². The molecule has 0 amide bonds. The van der Waals surface area contributed by atoms with E-state index in [-0.39, 0.29) is 11.1 Å². The van der Waals surface area contributed by atoms with Crippen molar-refractivity contribution in [2.45, 2.75) is 103 Å². The summed E-state index contributed by atoms with van der Waals surface area (Å²) in [6.45, 7) is 8.59. The standard InChI is InChI=1S/C32H41F3N2O/c1-5-9-27(10-6-2)36-19-17-23-21-25(13-15-29(23)36)31(38,32(33,34)35)26-14-16-30-24(22-26)18-20-37(30)28(11-7-3)12-8-4/h13-22,27-28,38H,5-12H2,1-4H3. The average Bonchev–Trinajstić information content (AvgIpc) is 3.51. The average molecular weight is 527 g/mol. The zero-order valence-corrected chi connectivity index (χ0v) is 23.1. The number of benzene rings is 2. The first-order valence-electron chi connectivity index (χ1n) is 14.2. The van der Waals surface area contributed by atoms with Crippen LogP contribution in [0.5, 0.6) is 0 Å². The molecule has 0 fully saturated rings. The van der Waals surface area contributed by atoms with Gasteiger partial charge in [0.1, 0.15) is 0 Å². The minimum Gasteiger partial charge on any atom is -0.372 e. The molecule has 3 nitrogen and oxygen atoms in total. The molecule has 206 valence electrons. The fourth-order valence-electron chi connectivity index (χ4n) is 6.09. The number of alkyl halides is 3. The summed E-state index contributed by atoms with van der Waals surface area (Å²) in [5.41, 5.74) is -1.64. The van der Waals surface area contributed by atoms with Crippen molar-refractivity contribution in [3.05, 3.63) is 72.1 Å². The number of nitrogens with zero attached hydrogens (tertiary/aromatic N) is 2. The lowest BCUT2D eigenvalue weighted by molar-refractivity contribution is -0.248. The molecular formula is C32H41F3N2O. The number of halogens is 3. The summed E-state index contributed by atoms with van der Waals surface area (Å²) in [6, 6.07) is 13.7. The van der Waals surface area contributed by atoms with Gasteiger partial charge in [0.05, 0.1) is 0 Å². The fourth-order valence-corrected chi connectivity index (χ4v) is 6.09. The summed E-state index contributed by atoms with van der Waals surface area (Å²) in [5, 5.41) is 12.9. The van der Waals surface area contributed by atoms with Gasteiger partial charge in [-0.2, -0.15) is 13.2 Å². The molecule has 0 aliphatic heterocycles. The van der Waals surface area contributed by atoms with E-state index >= 15 is 0 Å². The Balaban J connectivity index is 1.79. The van der Waals surface area contributed by atoms with E-state index in [4.69, 9.17) is 0 Å². The maximum Gasteiger partial charge on any atom is 0.425 e. The van der Waals surface area contributed by atoms with Gasteiger partial charge in [0.15, 0.2) is 0 Å². The molecule has 0 atom stereocenters. The Kier molecular flexibility index (Phi) is 8.61. The first kappa shape index (κ1) is 28.3. The molecule has 0 aliphatic carbocycles. The normalized spacial score (nSPS) is 13.0. The van der Waals surface area contributed by atoms with E-state index in [0.29, 0.717) is 22.9 Å². The second-order valence-electron chi connectivity index (χ2n) is 10.7. The molecule has 0 spiro atoms. The van der Waals surface area contributed by atoms with E-state index in [1.54, 1.807) is 12.1 Å². The van der Waals surface area contributed by atoms with E-state index in [2.05, 4.69) is 36.8 Å². The van der Waals surface area contributed by atoms with Crippen LogP contribution in [-0.2, 0) is 5.60 Å². The Morgan fingerprint density at radius 1 is 0.632 bits per heavy atom. The molecule has 4 rings (SSSR count). The summed E-state index contributed by atoms with van der Waals surface area (Å²) in [7, 11) is 0. The van der Waals surface area contributed by atoms with Gasteiger partial charge in [0.25, 0.3) is 0 Å². The number of rotatable bonds is 12. The topological polar surface area (TPSA) is 30.1 Å². The summed E-state index contributed by atoms with van der Waals surface area (Å²) in [6.07, 6.45) is 7.27. The van der Waals surface area contributed by atoms with Gasteiger partial charge in [-0.3, -0.25) is 0 Å². The van der Waals surface area contributed by atoms with Crippen LogP contribution in [0.1, 0.15) is 102 Å². The van der Waals surface area contributed by atoms with Gasteiger partial charge < -0.3 is 14.2 Å². The van der Waals surface area contributed by atoms with E-state index in [1.165, 1.54) is 24.3 Å². The Bertz CT molecular complexity index is 1240. The van der Waals surface area contributed by atoms with Gasteiger partial charge in [-0.1, -0.05) is 65.5 Å². The van der Waals surface area contributed by atoms with Gasteiger partial charge >= 0.3 is 6.18 Å². The van der Waals surface area contributed by atoms with Crippen LogP contribution in [0.25, 0.3) is 21.8 Å². The number of aromatic nitrogens is 2. The molecular weight excluding hydrogens is 485 g/mol. The van der Waals surface area contributed by atoms with Crippen molar-refractivity contribution >= 4 is 21.8 Å². The van der Waals surface area contributed by atoms with Crippen molar-refractivity contribution in [1.82, 2.24) is 9.13 Å². The Morgan fingerprint density at radius 3 is 1.32 bits per heavy atom. The zero-order chi connectivity index (χ0) is 27.5. The Labute approximate surface area is 224 Å². The third kappa shape index (κ3) is 5.12. The third-order valence-corrected chi connectivity index (χ3v) is 7.96. The number of aliphatic hydroxyl groups is 1. The van der Waals surface area contributed by atoms with Crippen LogP contribution in [0, 0.1) is 0 Å². The van der Waals surface area contributed by atoms with Crippen molar-refractivity contribution in [2.24, 2.45) is 0 Å². The molecule has 0 unspecified atom stereocenters. The lowest BCUT2D eigenvalue weighted by Gasteiger charge is -2.32. The predicted molar refractivity (Wildman–Crippen MR) is 151 cm³/mol. The molecule has 2 aromatic carbocycles. The SMILES string of the molecule is CCCC(CCC)n1ccc2cc(C(O)(c3ccc4c(ccn4C(CCC)CCC)c3)C(F)(F)F)ccc21. The largest absolute Gasteiger partial charge is 0.425 e. The highest BCUT2D eigenvalue weighted by atomic mass is 19.4. The van der Waals surface area contributed by atoms with Gasteiger partial charge in [0.2, 0.25) is 5.60 Å². The van der Waals surface area contributed by atoms with E-state index in [0.717, 1.165) is 62.4 Å². The monoisotopic (exact) mass is 526 g/mol. The molecule has 0 saturated carbocycles. The van der Waals surface area contributed by atoms with Gasteiger partial charge in [0, 0.05) is 35.5 Å². The van der Waals surface area contributed by atoms with E-state index in [9.17, 15) is 18.3 Å². The first-order chi connectivity index (χ1) is 18.2. The summed E-state index contributed by atoms with van der Waals surface area (Å²) >= 11 is 0. The molecule has 1 N–H and O–H groups in total. The lowest BCUT2D eigenvalue weighted by Crippen LogP contribution is -2.43. The molecule has 0 radical (unpaired) electrons. The minimum atomic E-state index is -4.89. The molecule has 0 bridgehead atoms. The first-order valence-corrected chi connectivity index (χ1v) is 14.2. The molecule has 2 heterocycles. The van der Waals surface area contributed by atoms with Crippen LogP contribution in [0.15, 0.2) is 60.9 Å². The summed E-state index contributed by atoms with van der Waals surface area (Å²) < 4.78 is 48.4. The van der Waals surface area contributed by atoms with Crippen LogP contribution < -0.4 is 0 Å². The highest BCUT2D eigenvalue weighted by Crippen LogP contribution is 2.46. The molecule has 0 aliphatic rings. The van der Waals surface area contributed by atoms with E-state index in [1.807, 2.05) is 24.5 Å². The van der Waals surface area contributed by atoms with Crippen LogP contribution >= 0.6 is 0 Å². The Morgan fingerprint density at radius 2 is 1.00 bits per heavy atom. The fraction of sp³-hybridized carbons (Fsp3) is 0.500. The second kappa shape index (κ2) is 11.6. The minimum absolute atomic E-state index is 0.161. The lowest BCUT2D eigenvalue weighted by atomic mass is 9.84. The van der Waals surface area contributed by atoms with Crippen molar-refractivity contribution < 1.29 is 18.3 Å². The number of fused-ring (bicyclic) bond motifs is 2. The quantitative estimate of drug-likeness (QED) is 0.196. The van der Waals surface area contributed by atoms with Crippen molar-refractivity contribution in [1.29, 1.82) is 0 Å². The maximum absolute atomic E-state index is 14.7. The zero-order valence-electron chi connectivity index (χ0n) is 23.1. The van der Waals surface area contributed by atoms with Crippen molar-refractivity contribution in [3.8, 4) is 0 Å². The van der Waals surface area contributed by atoms with Crippen LogP contribution in [0.2, 0.25) is 0 Å². The third-order valence-electron chi connectivity index (χ3n) is 7.96. The molecule has 38 heavy (non-hydrogen) atoms. The smallest absolute Gasteiger partial charge is 0.372 e. The number of hydrogen-bond donors (Lipinski definition) is 1. The van der Waals surface area contributed by atoms with Gasteiger partial charge in [-0.05, 0) is 84.0 Å². The summed E-state index contributed by atoms with van der Waals surface area (Å²) in [4.78, 5) is 0. The maximum atomic E-state index is 14.7. The molecule has 4 aromatic rings. The van der Waals surface area contributed by atoms with Gasteiger partial charge in [-0.25, -0.2) is 0 Å². The van der Waals surface area contributed by atoms with Gasteiger partial charge in [-0.15, -0.1) is 0 Å². The second-order valence-corrected chi connectivity index (χ2v) is 10.7. The van der Waals surface area contributed by atoms with Crippen molar-refractivity contribution in [2.75, 3.05) is 0 Å². The van der Waals surface area contributed by atoms with Crippen LogP contribution in [-0.4, -0.2) is 20.4 Å². The predicted octanol–water partition coefficient (Wildman–Crippen LogP) is 9.68. The van der Waals surface area contributed by atoms with E-state index < -0.39 is 11.8 Å². The summed E-state index contributed by atoms with van der Waals surface area (Å²) in [5.74, 6) is 0. The molecule has 6 heteroatoms.